The van der Waals surface area contributed by atoms with Crippen molar-refractivity contribution in [3.8, 4) is 23.7 Å². The topological polar surface area (TPSA) is 111 Å². The number of nitrogens with zero attached hydrogens (tertiary/aromatic N) is 7. The van der Waals surface area contributed by atoms with Crippen molar-refractivity contribution >= 4 is 16.5 Å². The quantitative estimate of drug-likeness (QED) is 0.141. The van der Waals surface area contributed by atoms with E-state index in [0.29, 0.717) is 0 Å². The second-order valence-electron chi connectivity index (χ2n) is 11.4. The van der Waals surface area contributed by atoms with Crippen LogP contribution in [0.4, 0.5) is 0 Å². The van der Waals surface area contributed by atoms with Gasteiger partial charge < -0.3 is 49.3 Å². The summed E-state index contributed by atoms with van der Waals surface area (Å²) in [6, 6.07) is 2.44. The Kier molecular flexibility index (Phi) is 107. The van der Waals surface area contributed by atoms with Crippen LogP contribution in [0.3, 0.4) is 0 Å². The first kappa shape index (κ1) is 73.2. The molecule has 1 rings (SSSR count). The van der Waals surface area contributed by atoms with Gasteiger partial charge in [-0.15, -0.1) is 0 Å². The zero-order valence-electron chi connectivity index (χ0n) is 35.3. The Balaban J connectivity index is -0.0000000403. The van der Waals surface area contributed by atoms with Gasteiger partial charge in [-0.2, -0.15) is 91.1 Å². The van der Waals surface area contributed by atoms with Crippen molar-refractivity contribution in [1.29, 1.82) is 0 Å². The molecular weight excluding hydrogens is 684 g/mol. The van der Waals surface area contributed by atoms with Gasteiger partial charge in [-0.25, -0.2) is 0 Å². The van der Waals surface area contributed by atoms with E-state index in [2.05, 4.69) is 101 Å². The van der Waals surface area contributed by atoms with Crippen LogP contribution in [0.5, 0.6) is 0 Å². The fourth-order valence-electron chi connectivity index (χ4n) is 3.30. The van der Waals surface area contributed by atoms with E-state index in [1.165, 1.54) is 44.6 Å². The van der Waals surface area contributed by atoms with E-state index in [1.54, 1.807) is 84.6 Å². The molecule has 0 unspecified atom stereocenters. The maximum atomic E-state index is 4.88. The summed E-state index contributed by atoms with van der Waals surface area (Å²) < 4.78 is 0. The molecule has 0 aromatic heterocycles. The van der Waals surface area contributed by atoms with Crippen LogP contribution in [0, 0.1) is 37.0 Å². The van der Waals surface area contributed by atoms with Gasteiger partial charge in [0.15, 0.2) is 0 Å². The average molecular weight is 769 g/mol. The Morgan fingerprint density at radius 3 is 1.32 bits per heavy atom. The van der Waals surface area contributed by atoms with Crippen molar-refractivity contribution in [2.24, 2.45) is 5.92 Å². The van der Waals surface area contributed by atoms with E-state index in [1.807, 2.05) is 6.92 Å². The minimum Gasteiger partial charge on any atom is -0.668 e. The van der Waals surface area contributed by atoms with Gasteiger partial charge in [0.1, 0.15) is 8.24 Å². The fraction of sp³-hybridized carbons (Fsp3) is 0.857. The molecule has 280 valence electrons. The molecule has 47 heavy (non-hydrogen) atoms. The van der Waals surface area contributed by atoms with Crippen molar-refractivity contribution in [2.75, 3.05) is 97.7 Å². The average Bonchev–Trinajstić information content (AvgIpc) is 3.44. The van der Waals surface area contributed by atoms with E-state index in [4.69, 9.17) is 4.98 Å². The number of nitrogens with one attached hydrogen (secondary N) is 1. The maximum absolute atomic E-state index is 4.88. The van der Waals surface area contributed by atoms with Gasteiger partial charge in [0.05, 0.1) is 0 Å². The van der Waals surface area contributed by atoms with Crippen LogP contribution in [-0.4, -0.2) is 114 Å². The molecule has 1 aliphatic rings. The van der Waals surface area contributed by atoms with Crippen LogP contribution >= 0.6 is 0 Å². The smallest absolute Gasteiger partial charge is 0.668 e. The molecule has 0 spiro atoms. The molecule has 1 aliphatic carbocycles. The monoisotopic (exact) mass is 769 g/mol. The van der Waals surface area contributed by atoms with Crippen molar-refractivity contribution in [2.45, 2.75) is 97.6 Å². The fourth-order valence-corrected chi connectivity index (χ4v) is 7.66. The molecule has 0 bridgehead atoms. The molecule has 0 atom stereocenters. The van der Waals surface area contributed by atoms with Crippen LogP contribution in [0.1, 0.15) is 60.7 Å². The minimum absolute atomic E-state index is 0. The molecule has 0 amide bonds. The standard InChI is InChI=1S/C11H24NSi.C11H19NSi.6C2H6N.CH3.2Ti.H2/c1-4-9-12-13(2,3)10-11-7-5-6-8-11;1-5-7-8-9-11-13(3,4)12-10-6-2;6*1-3-2;;;;/h11H,4-10H2,1-3H3;12H,6,10-11H2,1-4H3;6*1-2H3;1H3;;;1H/q-1;;7*-1;2*+4;. The van der Waals surface area contributed by atoms with Crippen molar-refractivity contribution in [3.05, 3.63) is 44.3 Å². The summed E-state index contributed by atoms with van der Waals surface area (Å²) in [5.41, 5.74) is 0. The zero-order chi connectivity index (χ0) is 36.1. The van der Waals surface area contributed by atoms with Gasteiger partial charge in [0.25, 0.3) is 0 Å². The summed E-state index contributed by atoms with van der Waals surface area (Å²) in [4.78, 5) is 8.45. The predicted octanol–water partition coefficient (Wildman–Crippen LogP) is 10.8. The van der Waals surface area contributed by atoms with Gasteiger partial charge in [-0.1, -0.05) is 98.3 Å². The first-order chi connectivity index (χ1) is 20.7. The van der Waals surface area contributed by atoms with Crippen LogP contribution in [0.25, 0.3) is 36.9 Å². The van der Waals surface area contributed by atoms with Crippen LogP contribution in [0.2, 0.25) is 38.3 Å². The SMILES string of the molecule is CC#CC#CC[Si](C)(C)NCCC.CCC[N-][Si](C)(C)CC1CCCC1.C[N-]C.C[N-]C.C[N-]C.C[N-]C.C[N-]C.C[N-]C.[CH3-].[HH].[Ti+4].[Ti+4]. The molecule has 8 nitrogen and oxygen atoms in total. The van der Waals surface area contributed by atoms with Crippen molar-refractivity contribution < 1.29 is 44.9 Å². The Bertz CT molecular complexity index is 581. The molecule has 1 N–H and O–H groups in total. The molecule has 0 heterocycles. The zero-order valence-corrected chi connectivity index (χ0v) is 40.4. The summed E-state index contributed by atoms with van der Waals surface area (Å²) in [7, 11) is 18.6. The van der Waals surface area contributed by atoms with E-state index in [-0.39, 0.29) is 52.3 Å². The first-order valence-corrected chi connectivity index (χ1v) is 22.3. The van der Waals surface area contributed by atoms with E-state index >= 15 is 0 Å². The Hall–Kier alpha value is 0.662. The Labute approximate surface area is 333 Å². The molecule has 1 saturated carbocycles. The largest absolute Gasteiger partial charge is 4.00 e. The van der Waals surface area contributed by atoms with Crippen molar-refractivity contribution in [3.63, 3.8) is 0 Å². The summed E-state index contributed by atoms with van der Waals surface area (Å²) in [6.45, 7) is 17.9. The normalized spacial score (nSPS) is 10.4. The van der Waals surface area contributed by atoms with Gasteiger partial charge >= 0.3 is 43.4 Å². The Morgan fingerprint density at radius 2 is 1.02 bits per heavy atom. The first-order valence-electron chi connectivity index (χ1n) is 16.0. The summed E-state index contributed by atoms with van der Waals surface area (Å²) in [5.74, 6) is 12.5. The van der Waals surface area contributed by atoms with Crippen LogP contribution in [0.15, 0.2) is 0 Å². The summed E-state index contributed by atoms with van der Waals surface area (Å²) in [6.07, 6.45) is 8.34. The minimum atomic E-state index is -1.27. The molecule has 0 aromatic rings. The summed E-state index contributed by atoms with van der Waals surface area (Å²) in [5, 5.41) is 21.0. The van der Waals surface area contributed by atoms with Gasteiger partial charge in [-0.05, 0) is 37.6 Å². The van der Waals surface area contributed by atoms with Gasteiger partial charge in [-0.3, -0.25) is 0 Å². The predicted molar refractivity (Wildman–Crippen MR) is 224 cm³/mol. The van der Waals surface area contributed by atoms with Crippen molar-refractivity contribution in [1.82, 2.24) is 4.98 Å². The van der Waals surface area contributed by atoms with Crippen LogP contribution < -0.4 is 4.98 Å². The number of hydrogen-bond acceptors (Lipinski definition) is 1. The third-order valence-corrected chi connectivity index (χ3v) is 9.61. The second kappa shape index (κ2) is 68.6. The number of rotatable bonds is 9. The maximum Gasteiger partial charge on any atom is 4.00 e. The summed E-state index contributed by atoms with van der Waals surface area (Å²) >= 11 is 0. The third kappa shape index (κ3) is 106. The van der Waals surface area contributed by atoms with Gasteiger partial charge in [0, 0.05) is 7.47 Å². The van der Waals surface area contributed by atoms with E-state index < -0.39 is 16.5 Å². The molecule has 0 saturated heterocycles. The number of hydrogen-bond donors (Lipinski definition) is 1. The molecule has 1 fully saturated rings. The van der Waals surface area contributed by atoms with Gasteiger partial charge in [0.2, 0.25) is 0 Å². The van der Waals surface area contributed by atoms with Crippen LogP contribution in [-0.2, 0) is 43.4 Å². The molecule has 0 radical (unpaired) electrons. The molecule has 0 aliphatic heterocycles. The molecule has 12 heteroatoms. The molecule has 0 aromatic carbocycles. The molecular formula is C35H84N8Si2Ti2. The second-order valence-corrected chi connectivity index (χ2v) is 20.2. The van der Waals surface area contributed by atoms with E-state index in [0.717, 1.165) is 25.1 Å². The van der Waals surface area contributed by atoms with E-state index in [9.17, 15) is 0 Å². The third-order valence-electron chi connectivity index (χ3n) is 4.69. The Morgan fingerprint density at radius 1 is 0.660 bits per heavy atom.